The Labute approximate surface area is 198 Å². The zero-order chi connectivity index (χ0) is 25.6. The lowest BCUT2D eigenvalue weighted by atomic mass is 9.92. The molecule has 2 aromatic rings. The molecule has 35 heavy (non-hydrogen) atoms. The summed E-state index contributed by atoms with van der Waals surface area (Å²) in [5, 5.41) is 60.8. The average Bonchev–Trinajstić information content (AvgIpc) is 2.77. The predicted octanol–water partition coefficient (Wildman–Crippen LogP) is 0.609. The maximum absolute atomic E-state index is 13.4. The zero-order valence-corrected chi connectivity index (χ0v) is 18.6. The SMILES string of the molecule is CC(=O)O[C@H]1[C@H](O)[C@H](O)[C@@H](O[C@H]2C(=O)c3c(O)cc(O)cc3O[C@@H]2c2ccc(O)c(O)c2)O[C@@H]1C. The third-order valence-corrected chi connectivity index (χ3v) is 5.79. The van der Waals surface area contributed by atoms with Gasteiger partial charge in [-0.25, -0.2) is 0 Å². The molecule has 1 saturated heterocycles. The molecular formula is C23H24O12. The fourth-order valence-corrected chi connectivity index (χ4v) is 4.12. The van der Waals surface area contributed by atoms with Crippen LogP contribution in [0.5, 0.6) is 28.7 Å². The van der Waals surface area contributed by atoms with Gasteiger partial charge in [0.15, 0.2) is 36.1 Å². The molecule has 0 spiro atoms. The number of carbonyl (C=O) groups excluding carboxylic acids is 2. The molecule has 12 nitrogen and oxygen atoms in total. The van der Waals surface area contributed by atoms with E-state index in [-0.39, 0.29) is 22.6 Å². The first kappa shape index (κ1) is 24.5. The van der Waals surface area contributed by atoms with E-state index >= 15 is 0 Å². The van der Waals surface area contributed by atoms with Crippen molar-refractivity contribution < 1.29 is 59.2 Å². The molecule has 2 heterocycles. The number of aliphatic hydroxyl groups excluding tert-OH is 2. The van der Waals surface area contributed by atoms with E-state index in [1.54, 1.807) is 0 Å². The van der Waals surface area contributed by atoms with Gasteiger partial charge < -0.3 is 49.6 Å². The molecule has 0 radical (unpaired) electrons. The standard InChI is InChI=1S/C23H24O12/c1-8-20(33-9(2)24)18(30)19(31)23(32-8)35-22-17(29)16-14(28)6-11(25)7-15(16)34-21(22)10-3-4-12(26)13(27)5-10/h3-8,18-23,25-28,30-31H,1-2H3/t8-,18-,19+,20-,21-,22+,23-/m1/s1. The summed E-state index contributed by atoms with van der Waals surface area (Å²) in [6.07, 6.45) is -9.94. The molecule has 188 valence electrons. The molecule has 0 saturated carbocycles. The molecule has 0 unspecified atom stereocenters. The Morgan fingerprint density at radius 2 is 1.69 bits per heavy atom. The lowest BCUT2D eigenvalue weighted by Crippen LogP contribution is -2.60. The van der Waals surface area contributed by atoms with Crippen LogP contribution in [0.2, 0.25) is 0 Å². The molecular weight excluding hydrogens is 468 g/mol. The summed E-state index contributed by atoms with van der Waals surface area (Å²) in [7, 11) is 0. The number of phenolic OH excluding ortho intramolecular Hbond substituents is 4. The van der Waals surface area contributed by atoms with Crippen molar-refractivity contribution in [3.8, 4) is 28.7 Å². The van der Waals surface area contributed by atoms with Crippen LogP contribution in [0.3, 0.4) is 0 Å². The second-order valence-corrected chi connectivity index (χ2v) is 8.31. The number of phenols is 4. The average molecular weight is 492 g/mol. The van der Waals surface area contributed by atoms with E-state index in [0.717, 1.165) is 31.2 Å². The second kappa shape index (κ2) is 9.23. The molecule has 2 aliphatic heterocycles. The van der Waals surface area contributed by atoms with E-state index in [4.69, 9.17) is 18.9 Å². The van der Waals surface area contributed by atoms with E-state index in [2.05, 4.69) is 0 Å². The molecule has 2 aromatic carbocycles. The van der Waals surface area contributed by atoms with Gasteiger partial charge in [0, 0.05) is 19.1 Å². The Bertz CT molecular complexity index is 1150. The number of ketones is 1. The summed E-state index contributed by atoms with van der Waals surface area (Å²) in [6, 6.07) is 5.68. The number of carbonyl (C=O) groups is 2. The van der Waals surface area contributed by atoms with Crippen LogP contribution in [0.25, 0.3) is 0 Å². The topological polar surface area (TPSA) is 192 Å². The van der Waals surface area contributed by atoms with Crippen LogP contribution < -0.4 is 4.74 Å². The van der Waals surface area contributed by atoms with Gasteiger partial charge >= 0.3 is 5.97 Å². The van der Waals surface area contributed by atoms with Crippen molar-refractivity contribution in [3.05, 3.63) is 41.5 Å². The highest BCUT2D eigenvalue weighted by Gasteiger charge is 2.49. The molecule has 7 atom stereocenters. The predicted molar refractivity (Wildman–Crippen MR) is 114 cm³/mol. The third-order valence-electron chi connectivity index (χ3n) is 5.79. The van der Waals surface area contributed by atoms with Crippen LogP contribution in [0, 0.1) is 0 Å². The van der Waals surface area contributed by atoms with Crippen LogP contribution in [-0.4, -0.2) is 79.2 Å². The summed E-state index contributed by atoms with van der Waals surface area (Å²) in [5.74, 6) is -3.57. The minimum absolute atomic E-state index is 0.168. The Kier molecular flexibility index (Phi) is 6.47. The summed E-state index contributed by atoms with van der Waals surface area (Å²) in [4.78, 5) is 24.7. The van der Waals surface area contributed by atoms with Crippen molar-refractivity contribution in [3.63, 3.8) is 0 Å². The van der Waals surface area contributed by atoms with Crippen LogP contribution in [0.4, 0.5) is 0 Å². The van der Waals surface area contributed by atoms with Crippen molar-refractivity contribution in [2.45, 2.75) is 56.8 Å². The summed E-state index contributed by atoms with van der Waals surface area (Å²) >= 11 is 0. The van der Waals surface area contributed by atoms with Crippen molar-refractivity contribution in [2.75, 3.05) is 0 Å². The van der Waals surface area contributed by atoms with Crippen LogP contribution >= 0.6 is 0 Å². The molecule has 4 rings (SSSR count). The number of aromatic hydroxyl groups is 4. The number of Topliss-reactive ketones (excluding diaryl/α,β-unsaturated/α-hetero) is 1. The Hall–Kier alpha value is -3.58. The molecule has 6 N–H and O–H groups in total. The number of fused-ring (bicyclic) bond motifs is 1. The fourth-order valence-electron chi connectivity index (χ4n) is 4.12. The minimum Gasteiger partial charge on any atom is -0.508 e. The Morgan fingerprint density at radius 3 is 2.34 bits per heavy atom. The molecule has 1 fully saturated rings. The normalized spacial score (nSPS) is 30.3. The van der Waals surface area contributed by atoms with Crippen molar-refractivity contribution in [1.82, 2.24) is 0 Å². The number of hydrogen-bond donors (Lipinski definition) is 6. The highest BCUT2D eigenvalue weighted by Crippen LogP contribution is 2.44. The maximum atomic E-state index is 13.4. The number of rotatable bonds is 4. The van der Waals surface area contributed by atoms with Gasteiger partial charge in [-0.2, -0.15) is 0 Å². The molecule has 0 amide bonds. The lowest BCUT2D eigenvalue weighted by Gasteiger charge is -2.43. The summed E-state index contributed by atoms with van der Waals surface area (Å²) in [6.45, 7) is 2.60. The third kappa shape index (κ3) is 4.56. The van der Waals surface area contributed by atoms with Gasteiger partial charge in [0.1, 0.15) is 35.0 Å². The van der Waals surface area contributed by atoms with Gasteiger partial charge in [0.05, 0.1) is 6.10 Å². The first-order valence-corrected chi connectivity index (χ1v) is 10.6. The molecule has 2 aliphatic rings. The fraction of sp³-hybridized carbons (Fsp3) is 0.391. The largest absolute Gasteiger partial charge is 0.508 e. The van der Waals surface area contributed by atoms with E-state index in [9.17, 15) is 40.2 Å². The van der Waals surface area contributed by atoms with Crippen molar-refractivity contribution in [1.29, 1.82) is 0 Å². The number of esters is 1. The molecule has 0 bridgehead atoms. The number of ether oxygens (including phenoxy) is 4. The summed E-state index contributed by atoms with van der Waals surface area (Å²) in [5.41, 5.74) is -0.132. The van der Waals surface area contributed by atoms with Gasteiger partial charge in [0.2, 0.25) is 5.78 Å². The van der Waals surface area contributed by atoms with E-state index in [0.29, 0.717) is 0 Å². The second-order valence-electron chi connectivity index (χ2n) is 8.31. The Morgan fingerprint density at radius 1 is 0.971 bits per heavy atom. The van der Waals surface area contributed by atoms with Crippen LogP contribution in [0.15, 0.2) is 30.3 Å². The molecule has 0 aromatic heterocycles. The summed E-state index contributed by atoms with van der Waals surface area (Å²) < 4.78 is 22.2. The van der Waals surface area contributed by atoms with Gasteiger partial charge in [-0.05, 0) is 24.6 Å². The van der Waals surface area contributed by atoms with Crippen molar-refractivity contribution >= 4 is 11.8 Å². The number of hydrogen-bond acceptors (Lipinski definition) is 12. The molecule has 0 aliphatic carbocycles. The molecule has 12 heteroatoms. The van der Waals surface area contributed by atoms with Crippen LogP contribution in [0.1, 0.15) is 35.9 Å². The first-order chi connectivity index (χ1) is 16.5. The van der Waals surface area contributed by atoms with Crippen molar-refractivity contribution in [2.24, 2.45) is 0 Å². The first-order valence-electron chi connectivity index (χ1n) is 10.6. The highest BCUT2D eigenvalue weighted by atomic mass is 16.7. The smallest absolute Gasteiger partial charge is 0.303 e. The zero-order valence-electron chi connectivity index (χ0n) is 18.6. The van der Waals surface area contributed by atoms with Gasteiger partial charge in [-0.3, -0.25) is 9.59 Å². The maximum Gasteiger partial charge on any atom is 0.303 e. The lowest BCUT2D eigenvalue weighted by molar-refractivity contribution is -0.306. The quantitative estimate of drug-likeness (QED) is 0.258. The van der Waals surface area contributed by atoms with E-state index < -0.39 is 71.9 Å². The highest BCUT2D eigenvalue weighted by molar-refractivity contribution is 6.05. The van der Waals surface area contributed by atoms with Crippen LogP contribution in [-0.2, 0) is 19.0 Å². The van der Waals surface area contributed by atoms with Gasteiger partial charge in [0.25, 0.3) is 0 Å². The van der Waals surface area contributed by atoms with E-state index in [1.165, 1.54) is 13.0 Å². The number of benzene rings is 2. The minimum atomic E-state index is -1.74. The monoisotopic (exact) mass is 492 g/mol. The number of aliphatic hydroxyl groups is 2. The van der Waals surface area contributed by atoms with Gasteiger partial charge in [-0.15, -0.1) is 0 Å². The Balaban J connectivity index is 1.70. The van der Waals surface area contributed by atoms with Gasteiger partial charge in [-0.1, -0.05) is 6.07 Å². The van der Waals surface area contributed by atoms with E-state index in [1.807, 2.05) is 0 Å².